The Hall–Kier alpha value is -3.14. The van der Waals surface area contributed by atoms with Gasteiger partial charge in [0.1, 0.15) is 0 Å². The van der Waals surface area contributed by atoms with Crippen LogP contribution < -0.4 is 5.32 Å². The maximum Gasteiger partial charge on any atom is 0.310 e. The number of carbonyl (C=O) groups excluding carboxylic acids is 2. The number of rotatable bonds is 5. The van der Waals surface area contributed by atoms with E-state index in [0.29, 0.717) is 5.69 Å². The fourth-order valence-electron chi connectivity index (χ4n) is 2.59. The standard InChI is InChI=1S/C21H19NO3/c1-15-9-11-16(12-10-15)13-21(24)25-14-20(23)22-19-8-4-6-17-5-2-3-7-18(17)19/h2-12H,13-14H2,1H3,(H,22,23). The molecule has 25 heavy (non-hydrogen) atoms. The average molecular weight is 333 g/mol. The minimum atomic E-state index is -0.420. The zero-order chi connectivity index (χ0) is 17.6. The minimum Gasteiger partial charge on any atom is -0.455 e. The van der Waals surface area contributed by atoms with Crippen molar-refractivity contribution < 1.29 is 14.3 Å². The van der Waals surface area contributed by atoms with Crippen molar-refractivity contribution in [1.29, 1.82) is 0 Å². The fraction of sp³-hybridized carbons (Fsp3) is 0.143. The molecule has 1 amide bonds. The number of fused-ring (bicyclic) bond motifs is 1. The zero-order valence-electron chi connectivity index (χ0n) is 14.0. The van der Waals surface area contributed by atoms with Gasteiger partial charge in [-0.1, -0.05) is 66.2 Å². The summed E-state index contributed by atoms with van der Waals surface area (Å²) in [5, 5.41) is 4.78. The molecule has 0 spiro atoms. The second-order valence-electron chi connectivity index (χ2n) is 5.90. The van der Waals surface area contributed by atoms with Gasteiger partial charge in [-0.2, -0.15) is 0 Å². The summed E-state index contributed by atoms with van der Waals surface area (Å²) in [7, 11) is 0. The third-order valence-corrected chi connectivity index (χ3v) is 3.90. The van der Waals surface area contributed by atoms with Crippen LogP contribution in [0.4, 0.5) is 5.69 Å². The molecule has 0 aliphatic heterocycles. The first-order chi connectivity index (χ1) is 12.1. The highest BCUT2D eigenvalue weighted by Gasteiger charge is 2.10. The zero-order valence-corrected chi connectivity index (χ0v) is 14.0. The summed E-state index contributed by atoms with van der Waals surface area (Å²) >= 11 is 0. The first-order valence-corrected chi connectivity index (χ1v) is 8.10. The SMILES string of the molecule is Cc1ccc(CC(=O)OCC(=O)Nc2cccc3ccccc23)cc1. The van der Waals surface area contributed by atoms with Crippen LogP contribution >= 0.6 is 0 Å². The third-order valence-electron chi connectivity index (χ3n) is 3.90. The Kier molecular flexibility index (Phi) is 5.09. The molecule has 4 nitrogen and oxygen atoms in total. The van der Waals surface area contributed by atoms with E-state index in [1.807, 2.05) is 73.7 Å². The molecule has 0 fully saturated rings. The van der Waals surface area contributed by atoms with Crippen molar-refractivity contribution in [3.05, 3.63) is 77.9 Å². The Morgan fingerprint density at radius 1 is 0.920 bits per heavy atom. The summed E-state index contributed by atoms with van der Waals surface area (Å²) in [6.45, 7) is 1.69. The highest BCUT2D eigenvalue weighted by atomic mass is 16.5. The second kappa shape index (κ2) is 7.62. The predicted octanol–water partition coefficient (Wildman–Crippen LogP) is 3.87. The maximum absolute atomic E-state index is 12.1. The molecule has 3 rings (SSSR count). The molecule has 3 aromatic rings. The fourth-order valence-corrected chi connectivity index (χ4v) is 2.59. The van der Waals surface area contributed by atoms with E-state index in [0.717, 1.165) is 21.9 Å². The van der Waals surface area contributed by atoms with Gasteiger partial charge in [-0.3, -0.25) is 9.59 Å². The van der Waals surface area contributed by atoms with E-state index in [2.05, 4.69) is 5.32 Å². The van der Waals surface area contributed by atoms with Gasteiger partial charge < -0.3 is 10.1 Å². The van der Waals surface area contributed by atoms with Crippen molar-refractivity contribution >= 4 is 28.3 Å². The summed E-state index contributed by atoms with van der Waals surface area (Å²) in [5.41, 5.74) is 2.70. The van der Waals surface area contributed by atoms with Crippen LogP contribution in [0.25, 0.3) is 10.8 Å². The molecule has 1 N–H and O–H groups in total. The van der Waals surface area contributed by atoms with Crippen molar-refractivity contribution in [3.63, 3.8) is 0 Å². The van der Waals surface area contributed by atoms with Crippen LogP contribution in [0, 0.1) is 6.92 Å². The van der Waals surface area contributed by atoms with Crippen molar-refractivity contribution in [1.82, 2.24) is 0 Å². The van der Waals surface area contributed by atoms with Gasteiger partial charge in [-0.25, -0.2) is 0 Å². The summed E-state index contributed by atoms with van der Waals surface area (Å²) in [6, 6.07) is 21.1. The molecule has 0 aromatic heterocycles. The molecule has 0 saturated heterocycles. The topological polar surface area (TPSA) is 55.4 Å². The summed E-state index contributed by atoms with van der Waals surface area (Å²) in [5.74, 6) is -0.773. The molecule has 0 saturated carbocycles. The molecule has 126 valence electrons. The summed E-state index contributed by atoms with van der Waals surface area (Å²) < 4.78 is 5.07. The molecule has 0 unspecified atom stereocenters. The van der Waals surface area contributed by atoms with Gasteiger partial charge in [0.2, 0.25) is 0 Å². The van der Waals surface area contributed by atoms with E-state index in [4.69, 9.17) is 4.74 Å². The molecule has 0 atom stereocenters. The maximum atomic E-state index is 12.1. The number of amides is 1. The molecule has 0 heterocycles. The lowest BCUT2D eigenvalue weighted by molar-refractivity contribution is -0.146. The third kappa shape index (κ3) is 4.44. The molecule has 4 heteroatoms. The lowest BCUT2D eigenvalue weighted by atomic mass is 10.1. The lowest BCUT2D eigenvalue weighted by Gasteiger charge is -2.09. The number of hydrogen-bond acceptors (Lipinski definition) is 3. The van der Waals surface area contributed by atoms with Crippen molar-refractivity contribution in [2.45, 2.75) is 13.3 Å². The van der Waals surface area contributed by atoms with E-state index in [1.165, 1.54) is 0 Å². The first-order valence-electron chi connectivity index (χ1n) is 8.10. The minimum absolute atomic E-state index is 0.155. The Morgan fingerprint density at radius 3 is 2.44 bits per heavy atom. The number of nitrogens with one attached hydrogen (secondary N) is 1. The van der Waals surface area contributed by atoms with Gasteiger partial charge in [0.15, 0.2) is 6.61 Å². The van der Waals surface area contributed by atoms with Gasteiger partial charge in [0.05, 0.1) is 6.42 Å². The van der Waals surface area contributed by atoms with E-state index < -0.39 is 5.97 Å². The Morgan fingerprint density at radius 2 is 1.64 bits per heavy atom. The molecule has 3 aromatic carbocycles. The van der Waals surface area contributed by atoms with Crippen LogP contribution in [0.3, 0.4) is 0 Å². The molecular weight excluding hydrogens is 314 g/mol. The smallest absolute Gasteiger partial charge is 0.310 e. The predicted molar refractivity (Wildman–Crippen MR) is 98.4 cm³/mol. The van der Waals surface area contributed by atoms with Gasteiger partial charge in [-0.15, -0.1) is 0 Å². The van der Waals surface area contributed by atoms with E-state index in [1.54, 1.807) is 0 Å². The van der Waals surface area contributed by atoms with Crippen LogP contribution in [0.2, 0.25) is 0 Å². The van der Waals surface area contributed by atoms with Crippen LogP contribution in [0.15, 0.2) is 66.7 Å². The monoisotopic (exact) mass is 333 g/mol. The second-order valence-corrected chi connectivity index (χ2v) is 5.90. The highest BCUT2D eigenvalue weighted by molar-refractivity contribution is 6.02. The number of benzene rings is 3. The quantitative estimate of drug-likeness (QED) is 0.721. The largest absolute Gasteiger partial charge is 0.455 e. The average Bonchev–Trinajstić information content (AvgIpc) is 2.62. The Bertz CT molecular complexity index is 895. The number of aryl methyl sites for hydroxylation is 1. The Labute approximate surface area is 146 Å². The van der Waals surface area contributed by atoms with Crippen molar-refractivity contribution in [3.8, 4) is 0 Å². The molecule has 0 aliphatic carbocycles. The van der Waals surface area contributed by atoms with Gasteiger partial charge in [0, 0.05) is 11.1 Å². The summed E-state index contributed by atoms with van der Waals surface area (Å²) in [6.07, 6.45) is 0.155. The van der Waals surface area contributed by atoms with Crippen LogP contribution in [-0.4, -0.2) is 18.5 Å². The highest BCUT2D eigenvalue weighted by Crippen LogP contribution is 2.22. The number of esters is 1. The van der Waals surface area contributed by atoms with Crippen LogP contribution in [0.1, 0.15) is 11.1 Å². The van der Waals surface area contributed by atoms with Crippen LogP contribution in [-0.2, 0) is 20.7 Å². The molecule has 0 radical (unpaired) electrons. The Balaban J connectivity index is 1.55. The number of carbonyl (C=O) groups is 2. The van der Waals surface area contributed by atoms with Gasteiger partial charge in [-0.05, 0) is 23.9 Å². The number of ether oxygens (including phenoxy) is 1. The van der Waals surface area contributed by atoms with Gasteiger partial charge >= 0.3 is 5.97 Å². The lowest BCUT2D eigenvalue weighted by Crippen LogP contribution is -2.21. The molecule has 0 aliphatic rings. The van der Waals surface area contributed by atoms with E-state index in [9.17, 15) is 9.59 Å². The van der Waals surface area contributed by atoms with Crippen molar-refractivity contribution in [2.24, 2.45) is 0 Å². The van der Waals surface area contributed by atoms with Gasteiger partial charge in [0.25, 0.3) is 5.91 Å². The number of hydrogen-bond donors (Lipinski definition) is 1. The molecule has 0 bridgehead atoms. The number of anilines is 1. The molecular formula is C21H19NO3. The van der Waals surface area contributed by atoms with E-state index >= 15 is 0 Å². The van der Waals surface area contributed by atoms with Crippen molar-refractivity contribution in [2.75, 3.05) is 11.9 Å². The van der Waals surface area contributed by atoms with Crippen LogP contribution in [0.5, 0.6) is 0 Å². The van der Waals surface area contributed by atoms with E-state index in [-0.39, 0.29) is 18.9 Å². The first kappa shape index (κ1) is 16.7. The summed E-state index contributed by atoms with van der Waals surface area (Å²) in [4.78, 5) is 23.9. The normalized spacial score (nSPS) is 10.4.